The van der Waals surface area contributed by atoms with Crippen molar-refractivity contribution in [3.63, 3.8) is 0 Å². The number of amides is 3. The highest BCUT2D eigenvalue weighted by Crippen LogP contribution is 2.24. The lowest BCUT2D eigenvalue weighted by Gasteiger charge is -2.32. The van der Waals surface area contributed by atoms with Crippen molar-refractivity contribution in [1.82, 2.24) is 24.7 Å². The number of imidazole rings is 1. The fourth-order valence-electron chi connectivity index (χ4n) is 4.62. The fourth-order valence-corrected chi connectivity index (χ4v) is 4.62. The number of fused-ring (bicyclic) bond motifs is 5. The predicted molar refractivity (Wildman–Crippen MR) is 134 cm³/mol. The number of hydrogen-bond donors (Lipinski definition) is 2. The zero-order valence-corrected chi connectivity index (χ0v) is 19.9. The van der Waals surface area contributed by atoms with Gasteiger partial charge >= 0.3 is 0 Å². The van der Waals surface area contributed by atoms with Crippen LogP contribution in [0.3, 0.4) is 0 Å². The van der Waals surface area contributed by atoms with Crippen LogP contribution in [-0.4, -0.2) is 76.8 Å². The van der Waals surface area contributed by atoms with Crippen molar-refractivity contribution in [2.75, 3.05) is 45.1 Å². The largest absolute Gasteiger partial charge is 0.352 e. The minimum atomic E-state index is -0.331. The van der Waals surface area contributed by atoms with Gasteiger partial charge in [-0.05, 0) is 62.7 Å². The van der Waals surface area contributed by atoms with Crippen molar-refractivity contribution in [3.05, 3.63) is 59.2 Å². The molecule has 2 aliphatic rings. The molecule has 1 fully saturated rings. The van der Waals surface area contributed by atoms with E-state index in [-0.39, 0.29) is 17.7 Å². The second-order valence-corrected chi connectivity index (χ2v) is 9.24. The summed E-state index contributed by atoms with van der Waals surface area (Å²) in [7, 11) is 2.06. The molecule has 0 atom stereocenters. The van der Waals surface area contributed by atoms with E-state index in [1.807, 2.05) is 27.7 Å². The van der Waals surface area contributed by atoms with Crippen molar-refractivity contribution in [1.29, 1.82) is 0 Å². The zero-order chi connectivity index (χ0) is 24.4. The molecule has 2 aromatic carbocycles. The summed E-state index contributed by atoms with van der Waals surface area (Å²) in [5, 5.41) is 5.85. The Morgan fingerprint density at radius 1 is 0.886 bits per heavy atom. The van der Waals surface area contributed by atoms with E-state index in [9.17, 15) is 14.4 Å². The van der Waals surface area contributed by atoms with E-state index in [2.05, 4.69) is 27.6 Å². The molecule has 1 aromatic heterocycles. The first-order chi connectivity index (χ1) is 17.0. The van der Waals surface area contributed by atoms with E-state index < -0.39 is 0 Å². The first-order valence-electron chi connectivity index (χ1n) is 12.2. The quantitative estimate of drug-likeness (QED) is 0.565. The van der Waals surface area contributed by atoms with Gasteiger partial charge in [0.05, 0.1) is 11.0 Å². The van der Waals surface area contributed by atoms with Crippen molar-refractivity contribution >= 4 is 34.7 Å². The van der Waals surface area contributed by atoms with Crippen LogP contribution < -0.4 is 10.6 Å². The summed E-state index contributed by atoms with van der Waals surface area (Å²) in [6, 6.07) is 12.2. The zero-order valence-electron chi connectivity index (χ0n) is 19.9. The third kappa shape index (κ3) is 4.90. The first kappa shape index (κ1) is 23.0. The number of aryl methyl sites for hydroxylation is 1. The van der Waals surface area contributed by atoms with E-state index in [0.29, 0.717) is 48.8 Å². The molecular formula is C26H30N6O3. The average Bonchev–Trinajstić information content (AvgIpc) is 3.21. The Kier molecular flexibility index (Phi) is 6.50. The van der Waals surface area contributed by atoms with Gasteiger partial charge in [0, 0.05) is 56.0 Å². The molecule has 0 saturated carbocycles. The number of nitrogens with zero attached hydrogens (tertiary/aromatic N) is 4. The lowest BCUT2D eigenvalue weighted by molar-refractivity contribution is 0.0664. The summed E-state index contributed by atoms with van der Waals surface area (Å²) in [6.45, 7) is 4.38. The number of anilines is 1. The number of rotatable bonds is 1. The number of hydrogen-bond acceptors (Lipinski definition) is 5. The van der Waals surface area contributed by atoms with Gasteiger partial charge in [-0.3, -0.25) is 19.7 Å². The molecule has 3 amide bonds. The van der Waals surface area contributed by atoms with Gasteiger partial charge in [-0.25, -0.2) is 4.98 Å². The molecule has 35 heavy (non-hydrogen) atoms. The molecule has 2 aliphatic heterocycles. The Hall–Kier alpha value is -3.72. The Morgan fingerprint density at radius 3 is 2.46 bits per heavy atom. The van der Waals surface area contributed by atoms with Gasteiger partial charge in [0.2, 0.25) is 5.95 Å². The van der Waals surface area contributed by atoms with Crippen LogP contribution >= 0.6 is 0 Å². The Labute approximate surface area is 204 Å². The highest BCUT2D eigenvalue weighted by Gasteiger charge is 2.22. The average molecular weight is 475 g/mol. The number of piperazine rings is 1. The maximum absolute atomic E-state index is 13.2. The number of likely N-dealkylation sites (N-methyl/N-ethyl adjacent to an activating group) is 1. The summed E-state index contributed by atoms with van der Waals surface area (Å²) in [6.07, 6.45) is 2.62. The monoisotopic (exact) mass is 474 g/mol. The molecule has 2 N–H and O–H groups in total. The number of carbonyl (C=O) groups is 3. The molecule has 0 aliphatic carbocycles. The summed E-state index contributed by atoms with van der Waals surface area (Å²) in [5.74, 6) is -0.0439. The molecule has 3 aromatic rings. The SMILES string of the molecule is CN1CCN(C(=O)c2ccc3nc4n(c3c2)CCCCCNC(=O)c2cccc(c2)C(=O)N4)CC1. The van der Waals surface area contributed by atoms with Gasteiger partial charge in [0.25, 0.3) is 17.7 Å². The van der Waals surface area contributed by atoms with E-state index in [1.54, 1.807) is 24.3 Å². The van der Waals surface area contributed by atoms with Crippen LogP contribution in [0.25, 0.3) is 11.0 Å². The second kappa shape index (κ2) is 9.87. The van der Waals surface area contributed by atoms with E-state index in [0.717, 1.165) is 43.4 Å². The van der Waals surface area contributed by atoms with Crippen LogP contribution in [-0.2, 0) is 6.54 Å². The highest BCUT2D eigenvalue weighted by molar-refractivity contribution is 6.06. The molecule has 0 spiro atoms. The number of benzene rings is 2. The maximum atomic E-state index is 13.2. The van der Waals surface area contributed by atoms with Crippen LogP contribution in [0.1, 0.15) is 50.3 Å². The summed E-state index contributed by atoms with van der Waals surface area (Å²) in [5.41, 5.74) is 3.03. The molecule has 0 unspecified atom stereocenters. The van der Waals surface area contributed by atoms with E-state index in [1.165, 1.54) is 0 Å². The van der Waals surface area contributed by atoms with Gasteiger partial charge < -0.3 is 19.7 Å². The van der Waals surface area contributed by atoms with Gasteiger partial charge in [0.15, 0.2) is 0 Å². The fraction of sp³-hybridized carbons (Fsp3) is 0.385. The van der Waals surface area contributed by atoms with Crippen LogP contribution in [0.5, 0.6) is 0 Å². The van der Waals surface area contributed by atoms with Crippen LogP contribution in [0.2, 0.25) is 0 Å². The van der Waals surface area contributed by atoms with Crippen LogP contribution in [0.4, 0.5) is 5.95 Å². The lowest BCUT2D eigenvalue weighted by atomic mass is 10.1. The lowest BCUT2D eigenvalue weighted by Crippen LogP contribution is -2.47. The third-order valence-electron chi connectivity index (χ3n) is 6.74. The Morgan fingerprint density at radius 2 is 1.66 bits per heavy atom. The minimum Gasteiger partial charge on any atom is -0.352 e. The molecule has 2 bridgehead atoms. The van der Waals surface area contributed by atoms with E-state index >= 15 is 0 Å². The predicted octanol–water partition coefficient (Wildman–Crippen LogP) is 2.59. The number of aromatic nitrogens is 2. The number of carbonyl (C=O) groups excluding carboxylic acids is 3. The summed E-state index contributed by atoms with van der Waals surface area (Å²) < 4.78 is 1.99. The smallest absolute Gasteiger partial charge is 0.257 e. The molecule has 9 heteroatoms. The Bertz CT molecular complexity index is 1280. The van der Waals surface area contributed by atoms with Crippen molar-refractivity contribution in [2.24, 2.45) is 0 Å². The van der Waals surface area contributed by atoms with Gasteiger partial charge in [-0.2, -0.15) is 0 Å². The second-order valence-electron chi connectivity index (χ2n) is 9.24. The van der Waals surface area contributed by atoms with Gasteiger partial charge in [-0.15, -0.1) is 0 Å². The van der Waals surface area contributed by atoms with Gasteiger partial charge in [0.1, 0.15) is 0 Å². The minimum absolute atomic E-state index is 0.0213. The summed E-state index contributed by atoms with van der Waals surface area (Å²) >= 11 is 0. The van der Waals surface area contributed by atoms with Crippen molar-refractivity contribution in [2.45, 2.75) is 25.8 Å². The van der Waals surface area contributed by atoms with Crippen molar-refractivity contribution < 1.29 is 14.4 Å². The standard InChI is InChI=1S/C26H30N6O3/c1-30-12-14-31(15-13-30)25(35)20-8-9-21-22(17-20)32-11-4-2-3-10-27-23(33)18-6-5-7-19(16-18)24(34)29-26(32)28-21/h5-9,16-17H,2-4,10-15H2,1H3,(H,27,33)(H,28,29,34). The molecule has 5 rings (SSSR count). The first-order valence-corrected chi connectivity index (χ1v) is 12.2. The molecule has 9 nitrogen and oxygen atoms in total. The van der Waals surface area contributed by atoms with Crippen molar-refractivity contribution in [3.8, 4) is 0 Å². The maximum Gasteiger partial charge on any atom is 0.257 e. The summed E-state index contributed by atoms with van der Waals surface area (Å²) in [4.78, 5) is 47.4. The Balaban J connectivity index is 1.48. The molecule has 1 saturated heterocycles. The normalized spacial score (nSPS) is 17.9. The van der Waals surface area contributed by atoms with E-state index in [4.69, 9.17) is 0 Å². The topological polar surface area (TPSA) is 99.6 Å². The van der Waals surface area contributed by atoms with Crippen LogP contribution in [0, 0.1) is 0 Å². The molecule has 0 radical (unpaired) electrons. The molecule has 3 heterocycles. The highest BCUT2D eigenvalue weighted by atomic mass is 16.2. The molecular weight excluding hydrogens is 444 g/mol. The van der Waals surface area contributed by atoms with Crippen LogP contribution in [0.15, 0.2) is 42.5 Å². The van der Waals surface area contributed by atoms with Gasteiger partial charge in [-0.1, -0.05) is 6.07 Å². The number of nitrogens with one attached hydrogen (secondary N) is 2. The molecule has 182 valence electrons. The third-order valence-corrected chi connectivity index (χ3v) is 6.74.